The number of hydrogen-bond donors (Lipinski definition) is 0. The highest BCUT2D eigenvalue weighted by Gasteiger charge is 2.16. The molecule has 1 aliphatic heterocycles. The third kappa shape index (κ3) is 3.30. The molecule has 4 heteroatoms. The number of hydrogen-bond acceptors (Lipinski definition) is 3. The Labute approximate surface area is 104 Å². The molecule has 0 unspecified atom stereocenters. The summed E-state index contributed by atoms with van der Waals surface area (Å²) >= 11 is 0. The Hall–Kier alpha value is -0.870. The van der Waals surface area contributed by atoms with Crippen molar-refractivity contribution in [3.63, 3.8) is 0 Å². The van der Waals surface area contributed by atoms with E-state index < -0.39 is 0 Å². The zero-order chi connectivity index (χ0) is 12.3. The van der Waals surface area contributed by atoms with Gasteiger partial charge in [0.2, 0.25) is 0 Å². The minimum absolute atomic E-state index is 0.459. The Morgan fingerprint density at radius 3 is 2.35 bits per heavy atom. The molecule has 0 amide bonds. The van der Waals surface area contributed by atoms with Crippen LogP contribution in [0.25, 0.3) is 0 Å². The second-order valence-electron chi connectivity index (χ2n) is 5.13. The minimum Gasteiger partial charge on any atom is -0.301 e. The van der Waals surface area contributed by atoms with E-state index in [1.165, 1.54) is 38.3 Å². The summed E-state index contributed by atoms with van der Waals surface area (Å²) in [7, 11) is 0. The van der Waals surface area contributed by atoms with Crippen molar-refractivity contribution in [2.24, 2.45) is 0 Å². The van der Waals surface area contributed by atoms with Crippen molar-refractivity contribution in [2.75, 3.05) is 32.7 Å². The van der Waals surface area contributed by atoms with Crippen LogP contribution in [0.1, 0.15) is 32.4 Å². The van der Waals surface area contributed by atoms with Gasteiger partial charge in [-0.3, -0.25) is 9.58 Å². The van der Waals surface area contributed by atoms with Gasteiger partial charge in [0, 0.05) is 50.5 Å². The maximum atomic E-state index is 4.39. The normalized spacial score (nSPS) is 19.1. The summed E-state index contributed by atoms with van der Waals surface area (Å²) in [4.78, 5) is 5.03. The van der Waals surface area contributed by atoms with Gasteiger partial charge in [0.15, 0.2) is 0 Å². The molecule has 0 N–H and O–H groups in total. The van der Waals surface area contributed by atoms with Crippen molar-refractivity contribution in [2.45, 2.75) is 33.4 Å². The topological polar surface area (TPSA) is 24.3 Å². The lowest BCUT2D eigenvalue weighted by Gasteiger charge is -2.33. The zero-order valence-corrected chi connectivity index (χ0v) is 11.3. The molecule has 2 rings (SSSR count). The SMILES string of the molecule is CCN1CCN(Cc2cnn(C(C)C)c2)CC1. The van der Waals surface area contributed by atoms with Crippen molar-refractivity contribution in [1.82, 2.24) is 19.6 Å². The molecule has 1 aromatic heterocycles. The third-order valence-electron chi connectivity index (χ3n) is 3.50. The van der Waals surface area contributed by atoms with E-state index >= 15 is 0 Å². The van der Waals surface area contributed by atoms with E-state index in [1.807, 2.05) is 10.9 Å². The van der Waals surface area contributed by atoms with Crippen molar-refractivity contribution in [3.05, 3.63) is 18.0 Å². The molecule has 0 aromatic carbocycles. The molecule has 0 saturated carbocycles. The van der Waals surface area contributed by atoms with Crippen molar-refractivity contribution >= 4 is 0 Å². The van der Waals surface area contributed by atoms with Crippen LogP contribution in [0.4, 0.5) is 0 Å². The second kappa shape index (κ2) is 5.65. The first-order valence-electron chi connectivity index (χ1n) is 6.66. The molecule has 1 aliphatic rings. The lowest BCUT2D eigenvalue weighted by atomic mass is 10.2. The molecule has 0 radical (unpaired) electrons. The Morgan fingerprint density at radius 1 is 1.18 bits per heavy atom. The van der Waals surface area contributed by atoms with E-state index in [2.05, 4.69) is 41.9 Å². The van der Waals surface area contributed by atoms with Crippen LogP contribution in [0.15, 0.2) is 12.4 Å². The molecular formula is C13H24N4. The van der Waals surface area contributed by atoms with Crippen LogP contribution in [0.5, 0.6) is 0 Å². The molecule has 0 aliphatic carbocycles. The van der Waals surface area contributed by atoms with E-state index in [9.17, 15) is 0 Å². The highest BCUT2D eigenvalue weighted by atomic mass is 15.3. The third-order valence-corrected chi connectivity index (χ3v) is 3.50. The maximum absolute atomic E-state index is 4.39. The summed E-state index contributed by atoms with van der Waals surface area (Å²) in [6, 6.07) is 0.459. The van der Waals surface area contributed by atoms with Crippen LogP contribution in [-0.2, 0) is 6.54 Å². The van der Waals surface area contributed by atoms with Gasteiger partial charge < -0.3 is 4.90 Å². The monoisotopic (exact) mass is 236 g/mol. The van der Waals surface area contributed by atoms with Gasteiger partial charge in [-0.05, 0) is 20.4 Å². The molecule has 1 fully saturated rings. The standard InChI is InChI=1S/C13H24N4/c1-4-15-5-7-16(8-6-15)10-13-9-14-17(11-13)12(2)3/h9,11-12H,4-8,10H2,1-3H3. The molecular weight excluding hydrogens is 212 g/mol. The van der Waals surface area contributed by atoms with Crippen LogP contribution < -0.4 is 0 Å². The van der Waals surface area contributed by atoms with Gasteiger partial charge in [-0.15, -0.1) is 0 Å². The van der Waals surface area contributed by atoms with Crippen molar-refractivity contribution in [3.8, 4) is 0 Å². The van der Waals surface area contributed by atoms with E-state index in [1.54, 1.807) is 0 Å². The second-order valence-corrected chi connectivity index (χ2v) is 5.13. The average molecular weight is 236 g/mol. The summed E-state index contributed by atoms with van der Waals surface area (Å²) in [5, 5.41) is 4.39. The van der Waals surface area contributed by atoms with E-state index in [4.69, 9.17) is 0 Å². The lowest BCUT2D eigenvalue weighted by molar-refractivity contribution is 0.132. The summed E-state index contributed by atoms with van der Waals surface area (Å²) in [6.07, 6.45) is 4.18. The molecule has 17 heavy (non-hydrogen) atoms. The smallest absolute Gasteiger partial charge is 0.0534 e. The van der Waals surface area contributed by atoms with Gasteiger partial charge in [-0.1, -0.05) is 6.92 Å². The Bertz CT molecular complexity index is 337. The Morgan fingerprint density at radius 2 is 1.82 bits per heavy atom. The van der Waals surface area contributed by atoms with Crippen molar-refractivity contribution in [1.29, 1.82) is 0 Å². The molecule has 96 valence electrons. The number of likely N-dealkylation sites (N-methyl/N-ethyl adjacent to an activating group) is 1. The fourth-order valence-corrected chi connectivity index (χ4v) is 2.26. The largest absolute Gasteiger partial charge is 0.301 e. The van der Waals surface area contributed by atoms with Crippen LogP contribution in [0.3, 0.4) is 0 Å². The van der Waals surface area contributed by atoms with Crippen LogP contribution >= 0.6 is 0 Å². The molecule has 0 bridgehead atoms. The van der Waals surface area contributed by atoms with Crippen LogP contribution in [0.2, 0.25) is 0 Å². The van der Waals surface area contributed by atoms with Gasteiger partial charge in [-0.2, -0.15) is 5.10 Å². The predicted octanol–water partition coefficient (Wildman–Crippen LogP) is 1.60. The minimum atomic E-state index is 0.459. The first kappa shape index (κ1) is 12.6. The predicted molar refractivity (Wildman–Crippen MR) is 70.0 cm³/mol. The Kier molecular flexibility index (Phi) is 4.18. The molecule has 4 nitrogen and oxygen atoms in total. The number of nitrogens with zero attached hydrogens (tertiary/aromatic N) is 4. The highest BCUT2D eigenvalue weighted by molar-refractivity contribution is 5.04. The molecule has 2 heterocycles. The van der Waals surface area contributed by atoms with Gasteiger partial charge in [-0.25, -0.2) is 0 Å². The number of aromatic nitrogens is 2. The molecule has 0 spiro atoms. The molecule has 0 atom stereocenters. The fraction of sp³-hybridized carbons (Fsp3) is 0.769. The highest BCUT2D eigenvalue weighted by Crippen LogP contribution is 2.10. The lowest BCUT2D eigenvalue weighted by Crippen LogP contribution is -2.45. The van der Waals surface area contributed by atoms with Gasteiger partial charge >= 0.3 is 0 Å². The summed E-state index contributed by atoms with van der Waals surface area (Å²) in [5.41, 5.74) is 1.34. The quantitative estimate of drug-likeness (QED) is 0.793. The summed E-state index contributed by atoms with van der Waals surface area (Å²) < 4.78 is 2.04. The zero-order valence-electron chi connectivity index (χ0n) is 11.3. The van der Waals surface area contributed by atoms with E-state index in [0.717, 1.165) is 6.54 Å². The first-order valence-corrected chi connectivity index (χ1v) is 6.66. The van der Waals surface area contributed by atoms with Gasteiger partial charge in [0.05, 0.1) is 6.20 Å². The van der Waals surface area contributed by atoms with E-state index in [-0.39, 0.29) is 0 Å². The number of piperazine rings is 1. The molecule has 1 aromatic rings. The van der Waals surface area contributed by atoms with Crippen LogP contribution in [-0.4, -0.2) is 52.3 Å². The average Bonchev–Trinajstić information content (AvgIpc) is 2.79. The fourth-order valence-electron chi connectivity index (χ4n) is 2.26. The van der Waals surface area contributed by atoms with E-state index in [0.29, 0.717) is 6.04 Å². The van der Waals surface area contributed by atoms with Gasteiger partial charge in [0.1, 0.15) is 0 Å². The maximum Gasteiger partial charge on any atom is 0.0534 e. The van der Waals surface area contributed by atoms with Gasteiger partial charge in [0.25, 0.3) is 0 Å². The number of rotatable bonds is 4. The Balaban J connectivity index is 1.84. The van der Waals surface area contributed by atoms with Crippen LogP contribution in [0, 0.1) is 0 Å². The van der Waals surface area contributed by atoms with Crippen molar-refractivity contribution < 1.29 is 0 Å². The first-order chi connectivity index (χ1) is 8.19. The molecule has 1 saturated heterocycles. The summed E-state index contributed by atoms with van der Waals surface area (Å²) in [5.74, 6) is 0. The summed E-state index contributed by atoms with van der Waals surface area (Å²) in [6.45, 7) is 13.6.